The van der Waals surface area contributed by atoms with Gasteiger partial charge < -0.3 is 4.57 Å². The van der Waals surface area contributed by atoms with Crippen molar-refractivity contribution in [1.82, 2.24) is 19.5 Å². The van der Waals surface area contributed by atoms with Gasteiger partial charge in [0.1, 0.15) is 5.82 Å². The Morgan fingerprint density at radius 2 is 1.76 bits per heavy atom. The summed E-state index contributed by atoms with van der Waals surface area (Å²) in [5.74, 6) is 1.50. The molecule has 0 atom stereocenters. The van der Waals surface area contributed by atoms with Crippen LogP contribution in [-0.4, -0.2) is 19.5 Å². The quantitative estimate of drug-likeness (QED) is 0.687. The summed E-state index contributed by atoms with van der Waals surface area (Å²) in [7, 11) is 0. The highest BCUT2D eigenvalue weighted by molar-refractivity contribution is 6.30. The van der Waals surface area contributed by atoms with Crippen LogP contribution in [0.2, 0.25) is 5.02 Å². The maximum Gasteiger partial charge on any atom is 0.159 e. The van der Waals surface area contributed by atoms with Crippen LogP contribution in [0.3, 0.4) is 0 Å². The van der Waals surface area contributed by atoms with Crippen molar-refractivity contribution in [3.05, 3.63) is 66.7 Å². The summed E-state index contributed by atoms with van der Waals surface area (Å²) >= 11 is 5.88. The average Bonchev–Trinajstić information content (AvgIpc) is 2.97. The third-order valence-electron chi connectivity index (χ3n) is 3.05. The molecule has 0 amide bonds. The van der Waals surface area contributed by atoms with E-state index in [0.717, 1.165) is 17.0 Å². The van der Waals surface area contributed by atoms with Gasteiger partial charge in [0, 0.05) is 41.9 Å². The molecule has 0 bridgehead atoms. The van der Waals surface area contributed by atoms with E-state index in [4.69, 9.17) is 11.6 Å². The van der Waals surface area contributed by atoms with Crippen molar-refractivity contribution >= 4 is 11.6 Å². The number of imidazole rings is 1. The van der Waals surface area contributed by atoms with E-state index in [0.29, 0.717) is 17.4 Å². The summed E-state index contributed by atoms with van der Waals surface area (Å²) in [6.45, 7) is 4.44. The van der Waals surface area contributed by atoms with E-state index in [2.05, 4.69) is 21.5 Å². The van der Waals surface area contributed by atoms with Crippen LogP contribution in [0.5, 0.6) is 0 Å². The summed E-state index contributed by atoms with van der Waals surface area (Å²) in [6, 6.07) is 7.45. The van der Waals surface area contributed by atoms with Gasteiger partial charge in [0.05, 0.1) is 5.56 Å². The Balaban J connectivity index is 1.91. The highest BCUT2D eigenvalue weighted by Gasteiger charge is 2.07. The number of allylic oxidation sites excluding steroid dienone is 1. The summed E-state index contributed by atoms with van der Waals surface area (Å²) in [5.41, 5.74) is 1.81. The van der Waals surface area contributed by atoms with E-state index in [1.165, 1.54) is 0 Å². The Morgan fingerprint density at radius 1 is 1.05 bits per heavy atom. The Labute approximate surface area is 127 Å². The lowest BCUT2D eigenvalue weighted by Crippen LogP contribution is -1.98. The van der Waals surface area contributed by atoms with E-state index < -0.39 is 0 Å². The first-order chi connectivity index (χ1) is 10.3. The van der Waals surface area contributed by atoms with Crippen molar-refractivity contribution in [3.63, 3.8) is 0 Å². The smallest absolute Gasteiger partial charge is 0.159 e. The number of aromatic nitrogens is 4. The molecule has 0 saturated carbocycles. The number of nitrogens with zero attached hydrogens (tertiary/aromatic N) is 4. The minimum absolute atomic E-state index is 0.664. The third-order valence-corrected chi connectivity index (χ3v) is 3.31. The van der Waals surface area contributed by atoms with E-state index in [-0.39, 0.29) is 0 Å². The van der Waals surface area contributed by atoms with Crippen LogP contribution in [0.15, 0.2) is 61.7 Å². The van der Waals surface area contributed by atoms with Crippen molar-refractivity contribution in [2.75, 3.05) is 0 Å². The molecule has 0 fully saturated rings. The summed E-state index contributed by atoms with van der Waals surface area (Å²) in [4.78, 5) is 13.1. The number of hydrogen-bond donors (Lipinski definition) is 0. The predicted molar refractivity (Wildman–Crippen MR) is 83.9 cm³/mol. The van der Waals surface area contributed by atoms with E-state index in [9.17, 15) is 0 Å². The van der Waals surface area contributed by atoms with Gasteiger partial charge in [-0.05, 0) is 24.3 Å². The molecule has 1 aromatic carbocycles. The largest absolute Gasteiger partial charge is 0.327 e. The molecule has 21 heavy (non-hydrogen) atoms. The lowest BCUT2D eigenvalue weighted by atomic mass is 10.2. The van der Waals surface area contributed by atoms with Gasteiger partial charge in [-0.25, -0.2) is 15.0 Å². The first-order valence-electron chi connectivity index (χ1n) is 6.48. The molecule has 3 rings (SSSR count). The Bertz CT molecular complexity index is 745. The monoisotopic (exact) mass is 296 g/mol. The van der Waals surface area contributed by atoms with Crippen LogP contribution in [0, 0.1) is 0 Å². The molecule has 2 aromatic heterocycles. The second-order valence-electron chi connectivity index (χ2n) is 4.49. The van der Waals surface area contributed by atoms with Crippen molar-refractivity contribution in [2.45, 2.75) is 6.54 Å². The van der Waals surface area contributed by atoms with Crippen LogP contribution in [0.25, 0.3) is 22.8 Å². The molecule has 4 nitrogen and oxygen atoms in total. The van der Waals surface area contributed by atoms with Crippen molar-refractivity contribution in [3.8, 4) is 22.8 Å². The van der Waals surface area contributed by atoms with Crippen LogP contribution >= 0.6 is 11.6 Å². The number of hydrogen-bond acceptors (Lipinski definition) is 3. The minimum Gasteiger partial charge on any atom is -0.327 e. The predicted octanol–water partition coefficient (Wildman–Crippen LogP) is 3.85. The Morgan fingerprint density at radius 3 is 2.43 bits per heavy atom. The molecule has 5 heteroatoms. The van der Waals surface area contributed by atoms with E-state index >= 15 is 0 Å². The van der Waals surface area contributed by atoms with Crippen molar-refractivity contribution in [2.24, 2.45) is 0 Å². The minimum atomic E-state index is 0.664. The zero-order chi connectivity index (χ0) is 14.7. The topological polar surface area (TPSA) is 43.6 Å². The van der Waals surface area contributed by atoms with Gasteiger partial charge in [-0.2, -0.15) is 0 Å². The number of benzene rings is 1. The van der Waals surface area contributed by atoms with Gasteiger partial charge >= 0.3 is 0 Å². The highest BCUT2D eigenvalue weighted by atomic mass is 35.5. The SMILES string of the molecule is C=CCn1ccnc1-c1cnc(-c2ccc(Cl)cc2)nc1. The molecule has 0 aliphatic rings. The maximum absolute atomic E-state index is 5.88. The van der Waals surface area contributed by atoms with E-state index in [1.807, 2.05) is 41.1 Å². The fourth-order valence-electron chi connectivity index (χ4n) is 2.05. The molecule has 0 N–H and O–H groups in total. The van der Waals surface area contributed by atoms with Gasteiger partial charge in [-0.15, -0.1) is 6.58 Å². The molecule has 0 unspecified atom stereocenters. The molecule has 0 aliphatic carbocycles. The van der Waals surface area contributed by atoms with Crippen LogP contribution in [-0.2, 0) is 6.54 Å². The van der Waals surface area contributed by atoms with Crippen molar-refractivity contribution in [1.29, 1.82) is 0 Å². The van der Waals surface area contributed by atoms with Gasteiger partial charge in [0.25, 0.3) is 0 Å². The lowest BCUT2D eigenvalue weighted by molar-refractivity contribution is 0.830. The summed E-state index contributed by atoms with van der Waals surface area (Å²) in [5, 5.41) is 0.696. The molecule has 3 aromatic rings. The maximum atomic E-state index is 5.88. The normalized spacial score (nSPS) is 10.5. The van der Waals surface area contributed by atoms with Gasteiger partial charge in [-0.1, -0.05) is 17.7 Å². The molecule has 0 spiro atoms. The average molecular weight is 297 g/mol. The van der Waals surface area contributed by atoms with Gasteiger partial charge in [0.2, 0.25) is 0 Å². The Kier molecular flexibility index (Phi) is 3.79. The van der Waals surface area contributed by atoms with Gasteiger partial charge in [0.15, 0.2) is 5.82 Å². The lowest BCUT2D eigenvalue weighted by Gasteiger charge is -2.05. The van der Waals surface area contributed by atoms with Crippen LogP contribution < -0.4 is 0 Å². The zero-order valence-corrected chi connectivity index (χ0v) is 12.0. The molecule has 2 heterocycles. The zero-order valence-electron chi connectivity index (χ0n) is 11.3. The first-order valence-corrected chi connectivity index (χ1v) is 6.86. The molecule has 0 radical (unpaired) electrons. The summed E-state index contributed by atoms with van der Waals surface area (Å²) in [6.07, 6.45) is 9.04. The highest BCUT2D eigenvalue weighted by Crippen LogP contribution is 2.20. The van der Waals surface area contributed by atoms with Crippen LogP contribution in [0.4, 0.5) is 0 Å². The van der Waals surface area contributed by atoms with Crippen LogP contribution in [0.1, 0.15) is 0 Å². The first kappa shape index (κ1) is 13.5. The standard InChI is InChI=1S/C16H13ClN4/c1-2-8-21-9-7-18-16(21)13-10-19-15(20-11-13)12-3-5-14(17)6-4-12/h2-7,9-11H,1,8H2. The third kappa shape index (κ3) is 2.85. The van der Waals surface area contributed by atoms with Crippen molar-refractivity contribution < 1.29 is 0 Å². The number of halogens is 1. The molecule has 0 saturated heterocycles. The Hall–Kier alpha value is -2.46. The number of rotatable bonds is 4. The molecular formula is C16H13ClN4. The van der Waals surface area contributed by atoms with Gasteiger partial charge in [-0.3, -0.25) is 0 Å². The second-order valence-corrected chi connectivity index (χ2v) is 4.93. The fraction of sp³-hybridized carbons (Fsp3) is 0.0625. The molecule has 0 aliphatic heterocycles. The second kappa shape index (κ2) is 5.89. The molecule has 104 valence electrons. The van der Waals surface area contributed by atoms with E-state index in [1.54, 1.807) is 18.6 Å². The fourth-order valence-corrected chi connectivity index (χ4v) is 2.17. The molecular weight excluding hydrogens is 284 g/mol. The summed E-state index contributed by atoms with van der Waals surface area (Å²) < 4.78 is 1.99.